The first-order valence-corrected chi connectivity index (χ1v) is 7.25. The summed E-state index contributed by atoms with van der Waals surface area (Å²) in [5.41, 5.74) is 2.68. The fourth-order valence-electron chi connectivity index (χ4n) is 2.20. The van der Waals surface area contributed by atoms with Crippen LogP contribution in [-0.2, 0) is 6.54 Å². The maximum Gasteiger partial charge on any atom is 0.253 e. The molecule has 102 valence electrons. The monoisotopic (exact) mass is 285 g/mol. The molecule has 1 amide bonds. The van der Waals surface area contributed by atoms with Crippen molar-refractivity contribution in [1.82, 2.24) is 14.9 Å². The number of nitrogens with one attached hydrogen (secondary N) is 1. The van der Waals surface area contributed by atoms with Gasteiger partial charge >= 0.3 is 0 Å². The van der Waals surface area contributed by atoms with Gasteiger partial charge in [-0.3, -0.25) is 4.79 Å². The van der Waals surface area contributed by atoms with Gasteiger partial charge in [-0.1, -0.05) is 0 Å². The Labute approximate surface area is 121 Å². The molecule has 0 aliphatic heterocycles. The van der Waals surface area contributed by atoms with E-state index in [0.29, 0.717) is 12.1 Å². The molecule has 5 heteroatoms. The van der Waals surface area contributed by atoms with Crippen molar-refractivity contribution in [3.8, 4) is 0 Å². The number of aromatic nitrogens is 2. The van der Waals surface area contributed by atoms with Gasteiger partial charge in [0.05, 0.1) is 17.2 Å². The van der Waals surface area contributed by atoms with Gasteiger partial charge in [-0.15, -0.1) is 11.3 Å². The molecule has 0 bridgehead atoms. The van der Waals surface area contributed by atoms with Crippen LogP contribution >= 0.6 is 11.3 Å². The summed E-state index contributed by atoms with van der Waals surface area (Å²) in [7, 11) is 1.80. The lowest BCUT2D eigenvalue weighted by Gasteiger charge is -2.16. The van der Waals surface area contributed by atoms with Gasteiger partial charge in [0.15, 0.2) is 0 Å². The van der Waals surface area contributed by atoms with E-state index in [9.17, 15) is 4.79 Å². The number of nitrogens with zero attached hydrogens (tertiary/aromatic N) is 2. The molecule has 2 aromatic heterocycles. The quantitative estimate of drug-likeness (QED) is 0.803. The summed E-state index contributed by atoms with van der Waals surface area (Å²) in [6.07, 6.45) is 1.88. The maximum absolute atomic E-state index is 12.4. The van der Waals surface area contributed by atoms with E-state index in [0.717, 1.165) is 21.6 Å². The fraction of sp³-hybridized carbons (Fsp3) is 0.200. The zero-order valence-electron chi connectivity index (χ0n) is 11.4. The van der Waals surface area contributed by atoms with Crippen molar-refractivity contribution in [3.63, 3.8) is 0 Å². The molecule has 3 rings (SSSR count). The molecule has 2 heterocycles. The zero-order valence-corrected chi connectivity index (χ0v) is 12.2. The number of rotatable bonds is 3. The van der Waals surface area contributed by atoms with Crippen molar-refractivity contribution in [1.29, 1.82) is 0 Å². The Balaban J connectivity index is 1.80. The molecule has 0 radical (unpaired) electrons. The van der Waals surface area contributed by atoms with E-state index in [1.807, 2.05) is 42.8 Å². The first kappa shape index (κ1) is 12.9. The second kappa shape index (κ2) is 5.09. The van der Waals surface area contributed by atoms with Crippen molar-refractivity contribution < 1.29 is 4.79 Å². The summed E-state index contributed by atoms with van der Waals surface area (Å²) in [5, 5.41) is 4.07. The molecule has 1 aromatic carbocycles. The molecule has 0 fully saturated rings. The summed E-state index contributed by atoms with van der Waals surface area (Å²) >= 11 is 1.60. The van der Waals surface area contributed by atoms with E-state index < -0.39 is 0 Å². The maximum atomic E-state index is 12.4. The van der Waals surface area contributed by atoms with Crippen LogP contribution in [0.15, 0.2) is 35.8 Å². The van der Waals surface area contributed by atoms with Crippen molar-refractivity contribution in [3.05, 3.63) is 52.1 Å². The van der Waals surface area contributed by atoms with Gasteiger partial charge in [0.2, 0.25) is 0 Å². The normalized spacial score (nSPS) is 10.9. The third kappa shape index (κ3) is 2.44. The minimum Gasteiger partial charge on any atom is -0.361 e. The number of carbonyl (C=O) groups is 1. The van der Waals surface area contributed by atoms with Crippen molar-refractivity contribution in [2.75, 3.05) is 7.05 Å². The Morgan fingerprint density at radius 2 is 2.25 bits per heavy atom. The molecule has 0 saturated carbocycles. The Hall–Kier alpha value is -2.14. The highest BCUT2D eigenvalue weighted by atomic mass is 32.1. The first-order valence-electron chi connectivity index (χ1n) is 6.37. The molecule has 3 aromatic rings. The number of aryl methyl sites for hydroxylation is 1. The van der Waals surface area contributed by atoms with Crippen LogP contribution in [0.1, 0.15) is 21.1 Å². The molecule has 0 atom stereocenters. The predicted molar refractivity (Wildman–Crippen MR) is 80.9 cm³/mol. The number of H-pyrrole nitrogens is 1. The second-order valence-corrected chi connectivity index (χ2v) is 5.86. The highest BCUT2D eigenvalue weighted by molar-refractivity contribution is 7.09. The lowest BCUT2D eigenvalue weighted by Crippen LogP contribution is -2.26. The number of fused-ring (bicyclic) bond motifs is 1. The number of aromatic amines is 1. The standard InChI is InChI=1S/C15H15N3OS/c1-10-17-13(9-20-10)8-18(2)15(19)12-3-4-14-11(7-12)5-6-16-14/h3-7,9,16H,8H2,1-2H3. The molecular weight excluding hydrogens is 270 g/mol. The zero-order chi connectivity index (χ0) is 14.1. The van der Waals surface area contributed by atoms with E-state index >= 15 is 0 Å². The van der Waals surface area contributed by atoms with Gasteiger partial charge in [-0.25, -0.2) is 4.98 Å². The molecular formula is C15H15N3OS. The molecule has 4 nitrogen and oxygen atoms in total. The smallest absolute Gasteiger partial charge is 0.253 e. The lowest BCUT2D eigenvalue weighted by molar-refractivity contribution is 0.0784. The minimum atomic E-state index is 0.0127. The molecule has 0 unspecified atom stereocenters. The molecule has 0 saturated heterocycles. The van der Waals surface area contributed by atoms with Crippen LogP contribution in [-0.4, -0.2) is 27.8 Å². The summed E-state index contributed by atoms with van der Waals surface area (Å²) in [4.78, 5) is 21.6. The van der Waals surface area contributed by atoms with Crippen LogP contribution in [0.4, 0.5) is 0 Å². The van der Waals surface area contributed by atoms with Crippen LogP contribution < -0.4 is 0 Å². The number of hydrogen-bond donors (Lipinski definition) is 1. The van der Waals surface area contributed by atoms with Gasteiger partial charge < -0.3 is 9.88 Å². The largest absolute Gasteiger partial charge is 0.361 e. The van der Waals surface area contributed by atoms with Crippen molar-refractivity contribution in [2.45, 2.75) is 13.5 Å². The lowest BCUT2D eigenvalue weighted by atomic mass is 10.1. The van der Waals surface area contributed by atoms with Crippen LogP contribution in [0, 0.1) is 6.92 Å². The van der Waals surface area contributed by atoms with Gasteiger partial charge in [0, 0.05) is 35.1 Å². The minimum absolute atomic E-state index is 0.0127. The van der Waals surface area contributed by atoms with Gasteiger partial charge in [0.25, 0.3) is 5.91 Å². The number of amides is 1. The number of thiazole rings is 1. The third-order valence-electron chi connectivity index (χ3n) is 3.21. The Morgan fingerprint density at radius 3 is 3.00 bits per heavy atom. The Kier molecular flexibility index (Phi) is 3.28. The van der Waals surface area contributed by atoms with Gasteiger partial charge in [-0.2, -0.15) is 0 Å². The summed E-state index contributed by atoms with van der Waals surface area (Å²) in [6.45, 7) is 2.50. The van der Waals surface area contributed by atoms with E-state index in [4.69, 9.17) is 0 Å². The first-order chi connectivity index (χ1) is 9.63. The fourth-order valence-corrected chi connectivity index (χ4v) is 2.81. The summed E-state index contributed by atoms with van der Waals surface area (Å²) in [6, 6.07) is 7.67. The predicted octanol–water partition coefficient (Wildman–Crippen LogP) is 3.21. The average Bonchev–Trinajstić information content (AvgIpc) is 3.05. The molecule has 0 aliphatic carbocycles. The number of carbonyl (C=O) groups excluding carboxylic acids is 1. The van der Waals surface area contributed by atoms with Crippen LogP contribution in [0.5, 0.6) is 0 Å². The Morgan fingerprint density at radius 1 is 1.40 bits per heavy atom. The molecule has 1 N–H and O–H groups in total. The third-order valence-corrected chi connectivity index (χ3v) is 4.04. The highest BCUT2D eigenvalue weighted by Gasteiger charge is 2.13. The van der Waals surface area contributed by atoms with Gasteiger partial charge in [-0.05, 0) is 31.2 Å². The molecule has 0 aliphatic rings. The average molecular weight is 285 g/mol. The van der Waals surface area contributed by atoms with Crippen LogP contribution in [0.2, 0.25) is 0 Å². The summed E-state index contributed by atoms with van der Waals surface area (Å²) < 4.78 is 0. The van der Waals surface area contributed by atoms with Crippen molar-refractivity contribution in [2.24, 2.45) is 0 Å². The van der Waals surface area contributed by atoms with E-state index in [2.05, 4.69) is 9.97 Å². The second-order valence-electron chi connectivity index (χ2n) is 4.80. The van der Waals surface area contributed by atoms with Crippen LogP contribution in [0.25, 0.3) is 10.9 Å². The Bertz CT molecular complexity index is 759. The van der Waals surface area contributed by atoms with E-state index in [1.165, 1.54) is 0 Å². The van der Waals surface area contributed by atoms with E-state index in [1.54, 1.807) is 23.3 Å². The van der Waals surface area contributed by atoms with Crippen LogP contribution in [0.3, 0.4) is 0 Å². The number of hydrogen-bond acceptors (Lipinski definition) is 3. The highest BCUT2D eigenvalue weighted by Crippen LogP contribution is 2.16. The number of benzene rings is 1. The van der Waals surface area contributed by atoms with Gasteiger partial charge in [0.1, 0.15) is 0 Å². The SMILES string of the molecule is Cc1nc(CN(C)C(=O)c2ccc3[nH]ccc3c2)cs1. The molecule has 0 spiro atoms. The van der Waals surface area contributed by atoms with Crippen molar-refractivity contribution >= 4 is 28.1 Å². The molecule has 20 heavy (non-hydrogen) atoms. The van der Waals surface area contributed by atoms with E-state index in [-0.39, 0.29) is 5.91 Å². The summed E-state index contributed by atoms with van der Waals surface area (Å²) in [5.74, 6) is 0.0127. The topological polar surface area (TPSA) is 49.0 Å².